The summed E-state index contributed by atoms with van der Waals surface area (Å²) in [6, 6.07) is 18.0. The van der Waals surface area contributed by atoms with E-state index in [2.05, 4.69) is 9.71 Å². The van der Waals surface area contributed by atoms with Gasteiger partial charge in [0.2, 0.25) is 10.0 Å². The van der Waals surface area contributed by atoms with Crippen molar-refractivity contribution >= 4 is 20.9 Å². The van der Waals surface area contributed by atoms with Gasteiger partial charge in [-0.25, -0.2) is 13.1 Å². The molecule has 3 aromatic carbocycles. The fourth-order valence-electron chi connectivity index (χ4n) is 4.22. The Labute approximate surface area is 204 Å². The number of rotatable bonds is 10. The molecule has 9 heteroatoms. The second kappa shape index (κ2) is 10.3. The number of para-hydroxylation sites is 2. The van der Waals surface area contributed by atoms with Gasteiger partial charge in [-0.2, -0.15) is 0 Å². The average molecular weight is 497 g/mol. The molecule has 4 rings (SSSR count). The van der Waals surface area contributed by atoms with Crippen LogP contribution < -0.4 is 23.7 Å². The van der Waals surface area contributed by atoms with Crippen LogP contribution in [0.1, 0.15) is 17.0 Å². The SMILES string of the molecule is COc1ccc(S(=O)(=O)NC[C@H](c2cccc(OC)c2OC)c2c[nH]c3ccccc23)cc1OC. The van der Waals surface area contributed by atoms with Crippen molar-refractivity contribution in [1.82, 2.24) is 9.71 Å². The van der Waals surface area contributed by atoms with Crippen molar-refractivity contribution < 1.29 is 27.4 Å². The van der Waals surface area contributed by atoms with Crippen molar-refractivity contribution in [3.63, 3.8) is 0 Å². The van der Waals surface area contributed by atoms with Gasteiger partial charge in [-0.1, -0.05) is 30.3 Å². The quantitative estimate of drug-likeness (QED) is 0.339. The standard InChI is InChI=1S/C26H28N2O6S/c1-31-23-13-12-17(14-25(23)33-3)35(29,30)28-16-21(19-9-7-11-24(32-2)26(19)34-4)20-15-27-22-10-6-5-8-18(20)22/h5-15,21,27-28H,16H2,1-4H3/t21-/m1/s1. The van der Waals surface area contributed by atoms with Gasteiger partial charge >= 0.3 is 0 Å². The number of nitrogens with one attached hydrogen (secondary N) is 2. The lowest BCUT2D eigenvalue weighted by Crippen LogP contribution is -2.29. The first-order chi connectivity index (χ1) is 16.9. The fourth-order valence-corrected chi connectivity index (χ4v) is 5.28. The van der Waals surface area contributed by atoms with Crippen LogP contribution in [-0.2, 0) is 10.0 Å². The molecule has 0 radical (unpaired) electrons. The van der Waals surface area contributed by atoms with Crippen molar-refractivity contribution in [2.75, 3.05) is 35.0 Å². The summed E-state index contributed by atoms with van der Waals surface area (Å²) in [6.45, 7) is 0.0854. The number of methoxy groups -OCH3 is 4. The van der Waals surface area contributed by atoms with E-state index in [9.17, 15) is 8.42 Å². The number of aromatic nitrogens is 1. The van der Waals surface area contributed by atoms with Crippen LogP contribution in [0.4, 0.5) is 0 Å². The lowest BCUT2D eigenvalue weighted by Gasteiger charge is -2.22. The Hall–Kier alpha value is -3.69. The van der Waals surface area contributed by atoms with Crippen molar-refractivity contribution in [1.29, 1.82) is 0 Å². The normalized spacial score (nSPS) is 12.3. The van der Waals surface area contributed by atoms with E-state index in [1.54, 1.807) is 20.3 Å². The minimum Gasteiger partial charge on any atom is -0.493 e. The van der Waals surface area contributed by atoms with E-state index < -0.39 is 10.0 Å². The zero-order valence-corrected chi connectivity index (χ0v) is 20.8. The fraction of sp³-hybridized carbons (Fsp3) is 0.231. The number of benzene rings is 3. The summed E-state index contributed by atoms with van der Waals surface area (Å²) in [7, 11) is 2.23. The predicted octanol–water partition coefficient (Wildman–Crippen LogP) is 4.31. The molecule has 184 valence electrons. The Bertz CT molecular complexity index is 1430. The molecule has 35 heavy (non-hydrogen) atoms. The summed E-state index contributed by atoms with van der Waals surface area (Å²) >= 11 is 0. The molecular weight excluding hydrogens is 468 g/mol. The second-order valence-electron chi connectivity index (χ2n) is 7.79. The molecule has 0 fully saturated rings. The van der Waals surface area contributed by atoms with E-state index in [0.29, 0.717) is 23.0 Å². The van der Waals surface area contributed by atoms with Gasteiger partial charge in [-0.05, 0) is 29.8 Å². The van der Waals surface area contributed by atoms with Crippen LogP contribution in [0, 0.1) is 0 Å². The molecule has 0 aliphatic rings. The Morgan fingerprint density at radius 2 is 1.54 bits per heavy atom. The Balaban J connectivity index is 1.76. The predicted molar refractivity (Wildman–Crippen MR) is 134 cm³/mol. The smallest absolute Gasteiger partial charge is 0.240 e. The van der Waals surface area contributed by atoms with E-state index >= 15 is 0 Å². The van der Waals surface area contributed by atoms with E-state index in [-0.39, 0.29) is 17.4 Å². The number of sulfonamides is 1. The first-order valence-corrected chi connectivity index (χ1v) is 12.4. The summed E-state index contributed by atoms with van der Waals surface area (Å²) in [5, 5.41) is 0.993. The highest BCUT2D eigenvalue weighted by Gasteiger charge is 2.26. The van der Waals surface area contributed by atoms with Crippen LogP contribution in [0.15, 0.2) is 71.8 Å². The third-order valence-corrected chi connectivity index (χ3v) is 7.37. The van der Waals surface area contributed by atoms with Crippen LogP contribution in [0.3, 0.4) is 0 Å². The molecule has 0 saturated heterocycles. The molecule has 0 aliphatic carbocycles. The van der Waals surface area contributed by atoms with Gasteiger partial charge in [0.15, 0.2) is 23.0 Å². The first-order valence-electron chi connectivity index (χ1n) is 10.9. The van der Waals surface area contributed by atoms with Gasteiger partial charge < -0.3 is 23.9 Å². The van der Waals surface area contributed by atoms with Crippen LogP contribution >= 0.6 is 0 Å². The van der Waals surface area contributed by atoms with Gasteiger partial charge in [-0.15, -0.1) is 0 Å². The largest absolute Gasteiger partial charge is 0.493 e. The molecule has 1 atom stereocenters. The molecule has 0 spiro atoms. The van der Waals surface area contributed by atoms with Crippen LogP contribution in [0.5, 0.6) is 23.0 Å². The second-order valence-corrected chi connectivity index (χ2v) is 9.56. The van der Waals surface area contributed by atoms with Crippen LogP contribution in [0.2, 0.25) is 0 Å². The first kappa shape index (κ1) is 24.4. The number of ether oxygens (including phenoxy) is 4. The van der Waals surface area contributed by atoms with Crippen molar-refractivity contribution in [2.45, 2.75) is 10.8 Å². The van der Waals surface area contributed by atoms with E-state index in [1.165, 1.54) is 26.4 Å². The highest BCUT2D eigenvalue weighted by atomic mass is 32.2. The van der Waals surface area contributed by atoms with Gasteiger partial charge in [0.1, 0.15) is 0 Å². The zero-order chi connectivity index (χ0) is 25.0. The molecule has 1 aromatic heterocycles. The molecule has 8 nitrogen and oxygen atoms in total. The molecule has 4 aromatic rings. The summed E-state index contributed by atoms with van der Waals surface area (Å²) in [5.74, 6) is 1.53. The Morgan fingerprint density at radius 3 is 2.26 bits per heavy atom. The van der Waals surface area contributed by atoms with E-state index in [1.807, 2.05) is 48.7 Å². The highest BCUT2D eigenvalue weighted by molar-refractivity contribution is 7.89. The lowest BCUT2D eigenvalue weighted by molar-refractivity contribution is 0.350. The molecule has 0 bridgehead atoms. The Kier molecular flexibility index (Phi) is 7.18. The molecule has 1 heterocycles. The van der Waals surface area contributed by atoms with Gasteiger partial charge in [0.25, 0.3) is 0 Å². The van der Waals surface area contributed by atoms with Crippen molar-refractivity contribution in [3.05, 3.63) is 78.0 Å². The monoisotopic (exact) mass is 496 g/mol. The molecule has 0 saturated carbocycles. The van der Waals surface area contributed by atoms with Gasteiger partial charge in [0.05, 0.1) is 33.3 Å². The molecule has 0 unspecified atom stereocenters. The minimum absolute atomic E-state index is 0.0745. The number of hydrogen-bond acceptors (Lipinski definition) is 6. The van der Waals surface area contributed by atoms with Gasteiger partial charge in [0, 0.05) is 41.2 Å². The highest BCUT2D eigenvalue weighted by Crippen LogP contribution is 2.40. The van der Waals surface area contributed by atoms with Gasteiger partial charge in [-0.3, -0.25) is 0 Å². The number of H-pyrrole nitrogens is 1. The third kappa shape index (κ3) is 4.78. The summed E-state index contributed by atoms with van der Waals surface area (Å²) in [6.07, 6.45) is 1.90. The summed E-state index contributed by atoms with van der Waals surface area (Å²) in [5.41, 5.74) is 2.69. The molecule has 0 amide bonds. The maximum atomic E-state index is 13.3. The van der Waals surface area contributed by atoms with E-state index in [0.717, 1.165) is 22.0 Å². The topological polar surface area (TPSA) is 98.9 Å². The number of hydrogen-bond donors (Lipinski definition) is 2. The summed E-state index contributed by atoms with van der Waals surface area (Å²) < 4.78 is 51.0. The maximum absolute atomic E-state index is 13.3. The maximum Gasteiger partial charge on any atom is 0.240 e. The molecular formula is C26H28N2O6S. The minimum atomic E-state index is -3.87. The number of fused-ring (bicyclic) bond motifs is 1. The average Bonchev–Trinajstić information content (AvgIpc) is 3.32. The zero-order valence-electron chi connectivity index (χ0n) is 20.0. The Morgan fingerprint density at radius 1 is 0.800 bits per heavy atom. The third-order valence-electron chi connectivity index (χ3n) is 5.95. The van der Waals surface area contributed by atoms with Crippen molar-refractivity contribution in [2.24, 2.45) is 0 Å². The van der Waals surface area contributed by atoms with Crippen LogP contribution in [-0.4, -0.2) is 48.4 Å². The molecule has 2 N–H and O–H groups in total. The van der Waals surface area contributed by atoms with Crippen LogP contribution in [0.25, 0.3) is 10.9 Å². The summed E-state index contributed by atoms with van der Waals surface area (Å²) in [4.78, 5) is 3.36. The van der Waals surface area contributed by atoms with Crippen molar-refractivity contribution in [3.8, 4) is 23.0 Å². The molecule has 0 aliphatic heterocycles. The lowest BCUT2D eigenvalue weighted by atomic mass is 9.90. The van der Waals surface area contributed by atoms with E-state index in [4.69, 9.17) is 18.9 Å². The number of aromatic amines is 1.